The Morgan fingerprint density at radius 2 is 2.16 bits per heavy atom. The summed E-state index contributed by atoms with van der Waals surface area (Å²) in [5.41, 5.74) is 7.81. The molecule has 1 aromatic heterocycles. The van der Waals surface area contributed by atoms with E-state index in [4.69, 9.17) is 15.2 Å². The molecule has 0 atom stereocenters. The fraction of sp³-hybridized carbons (Fsp3) is 0.308. The predicted molar refractivity (Wildman–Crippen MR) is 76.3 cm³/mol. The molecule has 1 aliphatic heterocycles. The Hall–Kier alpha value is -1.69. The van der Waals surface area contributed by atoms with Crippen molar-refractivity contribution in [1.82, 2.24) is 9.55 Å². The van der Waals surface area contributed by atoms with E-state index in [1.54, 1.807) is 6.33 Å². The lowest BCUT2D eigenvalue weighted by Gasteiger charge is -2.09. The molecule has 2 N–H and O–H groups in total. The van der Waals surface area contributed by atoms with Crippen LogP contribution in [0.1, 0.15) is 19.9 Å². The Balaban J connectivity index is 2.10. The van der Waals surface area contributed by atoms with Crippen LogP contribution in [0.4, 0.5) is 5.82 Å². The van der Waals surface area contributed by atoms with Crippen LogP contribution in [0.3, 0.4) is 0 Å². The SMILES string of the molecule is CC(C)n1cnc(-c2cc(Br)c3c(c2)OCO3)c1N. The second-order valence-corrected chi connectivity index (χ2v) is 5.53. The maximum absolute atomic E-state index is 6.14. The summed E-state index contributed by atoms with van der Waals surface area (Å²) in [5.74, 6) is 2.09. The van der Waals surface area contributed by atoms with Crippen molar-refractivity contribution in [3.63, 3.8) is 0 Å². The summed E-state index contributed by atoms with van der Waals surface area (Å²) in [6.07, 6.45) is 1.76. The van der Waals surface area contributed by atoms with Gasteiger partial charge in [-0.3, -0.25) is 0 Å². The van der Waals surface area contributed by atoms with E-state index in [0.29, 0.717) is 11.6 Å². The zero-order valence-corrected chi connectivity index (χ0v) is 12.3. The number of hydrogen-bond donors (Lipinski definition) is 1. The van der Waals surface area contributed by atoms with Gasteiger partial charge in [0.25, 0.3) is 0 Å². The fourth-order valence-corrected chi connectivity index (χ4v) is 2.67. The molecule has 1 aromatic carbocycles. The van der Waals surface area contributed by atoms with Crippen molar-refractivity contribution in [2.24, 2.45) is 0 Å². The highest BCUT2D eigenvalue weighted by Gasteiger charge is 2.21. The molecule has 0 saturated heterocycles. The number of nitrogen functional groups attached to an aromatic ring is 1. The average Bonchev–Trinajstić information content (AvgIpc) is 2.94. The molecule has 0 aliphatic carbocycles. The fourth-order valence-electron chi connectivity index (χ4n) is 2.11. The maximum Gasteiger partial charge on any atom is 0.231 e. The van der Waals surface area contributed by atoms with Crippen LogP contribution in [0.25, 0.3) is 11.3 Å². The third kappa shape index (κ3) is 1.96. The Bertz CT molecular complexity index is 637. The van der Waals surface area contributed by atoms with Gasteiger partial charge in [-0.2, -0.15) is 0 Å². The molecule has 3 rings (SSSR count). The first kappa shape index (κ1) is 12.3. The van der Waals surface area contributed by atoms with Crippen molar-refractivity contribution in [2.45, 2.75) is 19.9 Å². The molecule has 2 heterocycles. The summed E-state index contributed by atoms with van der Waals surface area (Å²) in [4.78, 5) is 4.39. The summed E-state index contributed by atoms with van der Waals surface area (Å²) in [6.45, 7) is 4.38. The van der Waals surface area contributed by atoms with Gasteiger partial charge in [0.15, 0.2) is 11.5 Å². The highest BCUT2D eigenvalue weighted by atomic mass is 79.9. The number of hydrogen-bond acceptors (Lipinski definition) is 4. The number of fused-ring (bicyclic) bond motifs is 1. The van der Waals surface area contributed by atoms with Gasteiger partial charge < -0.3 is 19.8 Å². The molecule has 0 unspecified atom stereocenters. The molecule has 0 spiro atoms. The molecule has 0 amide bonds. The van der Waals surface area contributed by atoms with Crippen molar-refractivity contribution in [2.75, 3.05) is 12.5 Å². The molecular weight excluding hydrogens is 310 g/mol. The first-order valence-electron chi connectivity index (χ1n) is 5.99. The number of benzene rings is 1. The van der Waals surface area contributed by atoms with Crippen molar-refractivity contribution in [1.29, 1.82) is 0 Å². The van der Waals surface area contributed by atoms with Crippen molar-refractivity contribution >= 4 is 21.7 Å². The molecule has 19 heavy (non-hydrogen) atoms. The van der Waals surface area contributed by atoms with Crippen molar-refractivity contribution in [3.05, 3.63) is 22.9 Å². The van der Waals surface area contributed by atoms with E-state index in [-0.39, 0.29) is 12.8 Å². The first-order valence-corrected chi connectivity index (χ1v) is 6.79. The minimum atomic E-state index is 0.243. The monoisotopic (exact) mass is 323 g/mol. The van der Waals surface area contributed by atoms with Crippen LogP contribution in [-0.4, -0.2) is 16.3 Å². The van der Waals surface area contributed by atoms with Crippen LogP contribution < -0.4 is 15.2 Å². The largest absolute Gasteiger partial charge is 0.454 e. The summed E-state index contributed by atoms with van der Waals surface area (Å²) >= 11 is 3.48. The van der Waals surface area contributed by atoms with Gasteiger partial charge >= 0.3 is 0 Å². The Morgan fingerprint density at radius 3 is 2.84 bits per heavy atom. The van der Waals surface area contributed by atoms with Crippen molar-refractivity contribution < 1.29 is 9.47 Å². The zero-order chi connectivity index (χ0) is 13.6. The average molecular weight is 324 g/mol. The quantitative estimate of drug-likeness (QED) is 0.921. The minimum Gasteiger partial charge on any atom is -0.454 e. The maximum atomic E-state index is 6.14. The highest BCUT2D eigenvalue weighted by molar-refractivity contribution is 9.10. The van der Waals surface area contributed by atoms with Crippen LogP contribution in [0.5, 0.6) is 11.5 Å². The van der Waals surface area contributed by atoms with Gasteiger partial charge in [0.1, 0.15) is 11.5 Å². The number of rotatable bonds is 2. The summed E-state index contributed by atoms with van der Waals surface area (Å²) < 4.78 is 13.6. The number of ether oxygens (including phenoxy) is 2. The van der Waals surface area contributed by atoms with Crippen LogP contribution in [0.2, 0.25) is 0 Å². The molecule has 2 aromatic rings. The van der Waals surface area contributed by atoms with Crippen LogP contribution in [0.15, 0.2) is 22.9 Å². The molecule has 0 fully saturated rings. The van der Waals surface area contributed by atoms with Gasteiger partial charge in [-0.05, 0) is 41.9 Å². The normalized spacial score (nSPS) is 13.3. The van der Waals surface area contributed by atoms with Gasteiger partial charge in [-0.15, -0.1) is 0 Å². The second-order valence-electron chi connectivity index (χ2n) is 4.67. The standard InChI is InChI=1S/C13H14BrN3O2/c1-7(2)17-5-16-11(13(17)15)8-3-9(14)12-10(4-8)18-6-19-12/h3-5,7H,6,15H2,1-2H3. The van der Waals surface area contributed by atoms with Crippen LogP contribution in [0, 0.1) is 0 Å². The summed E-state index contributed by atoms with van der Waals surface area (Å²) in [5, 5.41) is 0. The number of imidazole rings is 1. The van der Waals surface area contributed by atoms with Crippen LogP contribution >= 0.6 is 15.9 Å². The van der Waals surface area contributed by atoms with E-state index in [9.17, 15) is 0 Å². The lowest BCUT2D eigenvalue weighted by atomic mass is 10.1. The predicted octanol–water partition coefficient (Wildman–Crippen LogP) is 3.20. The second kappa shape index (κ2) is 4.45. The van der Waals surface area contributed by atoms with E-state index >= 15 is 0 Å². The molecule has 6 heteroatoms. The van der Waals surface area contributed by atoms with Gasteiger partial charge in [0, 0.05) is 11.6 Å². The third-order valence-electron chi connectivity index (χ3n) is 3.09. The Morgan fingerprint density at radius 1 is 1.37 bits per heavy atom. The lowest BCUT2D eigenvalue weighted by Crippen LogP contribution is -2.04. The van der Waals surface area contributed by atoms with E-state index < -0.39 is 0 Å². The smallest absolute Gasteiger partial charge is 0.231 e. The first-order chi connectivity index (χ1) is 9.08. The molecule has 1 aliphatic rings. The topological polar surface area (TPSA) is 62.3 Å². The van der Waals surface area contributed by atoms with Gasteiger partial charge in [-0.25, -0.2) is 4.98 Å². The number of aromatic nitrogens is 2. The minimum absolute atomic E-state index is 0.243. The third-order valence-corrected chi connectivity index (χ3v) is 3.68. The molecule has 0 bridgehead atoms. The van der Waals surface area contributed by atoms with E-state index in [1.165, 1.54) is 0 Å². The molecule has 0 saturated carbocycles. The summed E-state index contributed by atoms with van der Waals surface area (Å²) in [7, 11) is 0. The number of halogens is 1. The molecular formula is C13H14BrN3O2. The van der Waals surface area contributed by atoms with Crippen LogP contribution in [-0.2, 0) is 0 Å². The van der Waals surface area contributed by atoms with Gasteiger partial charge in [0.05, 0.1) is 10.8 Å². The van der Waals surface area contributed by atoms with Gasteiger partial charge in [0.2, 0.25) is 6.79 Å². The number of nitrogens with zero attached hydrogens (tertiary/aromatic N) is 2. The van der Waals surface area contributed by atoms with E-state index in [0.717, 1.165) is 21.5 Å². The number of anilines is 1. The molecule has 5 nitrogen and oxygen atoms in total. The summed E-state index contributed by atoms with van der Waals surface area (Å²) in [6, 6.07) is 4.12. The lowest BCUT2D eigenvalue weighted by molar-refractivity contribution is 0.173. The molecule has 0 radical (unpaired) electrons. The Kier molecular flexibility index (Phi) is 2.89. The Labute approximate surface area is 119 Å². The van der Waals surface area contributed by atoms with Crippen molar-refractivity contribution in [3.8, 4) is 22.8 Å². The van der Waals surface area contributed by atoms with Gasteiger partial charge in [-0.1, -0.05) is 0 Å². The van der Waals surface area contributed by atoms with E-state index in [2.05, 4.69) is 34.8 Å². The zero-order valence-electron chi connectivity index (χ0n) is 10.7. The number of nitrogens with two attached hydrogens (primary N) is 1. The van der Waals surface area contributed by atoms with E-state index in [1.807, 2.05) is 16.7 Å². The molecule has 100 valence electrons. The highest BCUT2D eigenvalue weighted by Crippen LogP contribution is 2.43.